The van der Waals surface area contributed by atoms with Gasteiger partial charge in [-0.05, 0) is 42.9 Å². The zero-order valence-electron chi connectivity index (χ0n) is 12.0. The predicted octanol–water partition coefficient (Wildman–Crippen LogP) is 1.50. The van der Waals surface area contributed by atoms with Gasteiger partial charge < -0.3 is 9.84 Å². The number of ether oxygens (including phenoxy) is 1. The normalized spacial score (nSPS) is 16.5. The highest BCUT2D eigenvalue weighted by molar-refractivity contribution is 7.89. The van der Waals surface area contributed by atoms with E-state index in [9.17, 15) is 18.3 Å². The number of benzene rings is 1. The number of phenolic OH excluding ortho intramolecular Hbond substituents is 1. The Balaban J connectivity index is 2.17. The lowest BCUT2D eigenvalue weighted by Crippen LogP contribution is -2.29. The number of esters is 1. The molecule has 0 bridgehead atoms. The molecule has 0 heterocycles. The topological polar surface area (TPSA) is 92.7 Å². The fourth-order valence-electron chi connectivity index (χ4n) is 2.11. The van der Waals surface area contributed by atoms with E-state index < -0.39 is 16.0 Å². The maximum Gasteiger partial charge on any atom is 0.341 e. The largest absolute Gasteiger partial charge is 0.507 e. The Hall–Kier alpha value is -1.60. The predicted molar refractivity (Wildman–Crippen MR) is 76.5 cm³/mol. The molecule has 7 heteroatoms. The zero-order chi connectivity index (χ0) is 15.6. The van der Waals surface area contributed by atoms with Crippen molar-refractivity contribution in [3.8, 4) is 5.75 Å². The Morgan fingerprint density at radius 3 is 2.71 bits per heavy atom. The van der Waals surface area contributed by atoms with Gasteiger partial charge in [-0.15, -0.1) is 0 Å². The molecular weight excluding hydrogens is 294 g/mol. The SMILES string of the molecule is COC(=O)c1cc(S(=O)(=O)NCC(C)C2CC2)ccc1O. The number of sulfonamides is 1. The van der Waals surface area contributed by atoms with Gasteiger partial charge in [0.1, 0.15) is 11.3 Å². The number of methoxy groups -OCH3 is 1. The molecule has 21 heavy (non-hydrogen) atoms. The van der Waals surface area contributed by atoms with Gasteiger partial charge in [0.15, 0.2) is 0 Å². The van der Waals surface area contributed by atoms with Crippen molar-refractivity contribution < 1.29 is 23.1 Å². The molecule has 6 nitrogen and oxygen atoms in total. The first-order chi connectivity index (χ1) is 9.85. The van der Waals surface area contributed by atoms with Crippen molar-refractivity contribution in [3.05, 3.63) is 23.8 Å². The first kappa shape index (κ1) is 15.8. The summed E-state index contributed by atoms with van der Waals surface area (Å²) in [5.74, 6) is -0.210. The molecule has 1 aromatic rings. The minimum atomic E-state index is -3.71. The minimum absolute atomic E-state index is 0.0660. The molecule has 0 aromatic heterocycles. The summed E-state index contributed by atoms with van der Waals surface area (Å²) < 4.78 is 31.5. The Morgan fingerprint density at radius 1 is 1.48 bits per heavy atom. The van der Waals surface area contributed by atoms with Gasteiger partial charge in [-0.1, -0.05) is 6.92 Å². The van der Waals surface area contributed by atoms with Crippen molar-refractivity contribution in [1.82, 2.24) is 4.72 Å². The number of carbonyl (C=O) groups excluding carboxylic acids is 1. The van der Waals surface area contributed by atoms with Gasteiger partial charge in [0, 0.05) is 6.54 Å². The van der Waals surface area contributed by atoms with Crippen LogP contribution in [0.3, 0.4) is 0 Å². The summed E-state index contributed by atoms with van der Waals surface area (Å²) in [5, 5.41) is 9.59. The molecule has 1 unspecified atom stereocenters. The molecule has 0 radical (unpaired) electrons. The van der Waals surface area contributed by atoms with Crippen LogP contribution in [-0.2, 0) is 14.8 Å². The molecule has 0 amide bonds. The van der Waals surface area contributed by atoms with Crippen LogP contribution in [0.1, 0.15) is 30.1 Å². The molecule has 1 fully saturated rings. The second-order valence-electron chi connectivity index (χ2n) is 5.34. The fraction of sp³-hybridized carbons (Fsp3) is 0.500. The number of carbonyl (C=O) groups is 1. The van der Waals surface area contributed by atoms with E-state index in [-0.39, 0.29) is 22.1 Å². The monoisotopic (exact) mass is 313 g/mol. The van der Waals surface area contributed by atoms with Gasteiger partial charge >= 0.3 is 5.97 Å². The van der Waals surface area contributed by atoms with Crippen LogP contribution in [0, 0.1) is 11.8 Å². The zero-order valence-corrected chi connectivity index (χ0v) is 12.8. The van der Waals surface area contributed by atoms with Gasteiger partial charge in [0.05, 0.1) is 12.0 Å². The summed E-state index contributed by atoms with van der Waals surface area (Å²) in [4.78, 5) is 11.4. The molecule has 0 saturated heterocycles. The van der Waals surface area contributed by atoms with E-state index >= 15 is 0 Å². The minimum Gasteiger partial charge on any atom is -0.507 e. The van der Waals surface area contributed by atoms with E-state index in [2.05, 4.69) is 9.46 Å². The smallest absolute Gasteiger partial charge is 0.341 e. The van der Waals surface area contributed by atoms with Crippen molar-refractivity contribution in [2.24, 2.45) is 11.8 Å². The number of rotatable bonds is 6. The maximum absolute atomic E-state index is 12.2. The second kappa shape index (κ2) is 6.03. The molecule has 0 aliphatic heterocycles. The highest BCUT2D eigenvalue weighted by Crippen LogP contribution is 2.36. The third-order valence-electron chi connectivity index (χ3n) is 3.71. The molecular formula is C14H19NO5S. The molecule has 2 N–H and O–H groups in total. The third-order valence-corrected chi connectivity index (χ3v) is 5.13. The second-order valence-corrected chi connectivity index (χ2v) is 7.10. The standard InChI is InChI=1S/C14H19NO5S/c1-9(10-3-4-10)8-15-21(18,19)11-5-6-13(16)12(7-11)14(17)20-2/h5-7,9-10,15-16H,3-4,8H2,1-2H3. The summed E-state index contributed by atoms with van der Waals surface area (Å²) in [6.45, 7) is 2.37. The summed E-state index contributed by atoms with van der Waals surface area (Å²) in [5.41, 5.74) is -0.171. The lowest BCUT2D eigenvalue weighted by atomic mass is 10.1. The Kier molecular flexibility index (Phi) is 4.53. The quantitative estimate of drug-likeness (QED) is 0.776. The number of hydrogen-bond donors (Lipinski definition) is 2. The van der Waals surface area contributed by atoms with Crippen molar-refractivity contribution in [3.63, 3.8) is 0 Å². The number of nitrogens with one attached hydrogen (secondary N) is 1. The van der Waals surface area contributed by atoms with Gasteiger partial charge in [0.25, 0.3) is 0 Å². The van der Waals surface area contributed by atoms with E-state index in [1.165, 1.54) is 19.2 Å². The van der Waals surface area contributed by atoms with Gasteiger partial charge in [-0.3, -0.25) is 0 Å². The van der Waals surface area contributed by atoms with E-state index in [4.69, 9.17) is 0 Å². The van der Waals surface area contributed by atoms with E-state index in [1.807, 2.05) is 6.92 Å². The lowest BCUT2D eigenvalue weighted by Gasteiger charge is -2.12. The maximum atomic E-state index is 12.2. The van der Waals surface area contributed by atoms with Crippen LogP contribution in [0.5, 0.6) is 5.75 Å². The molecule has 116 valence electrons. The van der Waals surface area contributed by atoms with E-state index in [1.54, 1.807) is 0 Å². The first-order valence-electron chi connectivity index (χ1n) is 6.76. The van der Waals surface area contributed by atoms with Crippen LogP contribution in [0.4, 0.5) is 0 Å². The molecule has 1 atom stereocenters. The number of phenols is 1. The molecule has 0 spiro atoms. The van der Waals surface area contributed by atoms with Crippen LogP contribution in [-0.4, -0.2) is 33.1 Å². The van der Waals surface area contributed by atoms with Crippen molar-refractivity contribution >= 4 is 16.0 Å². The number of aromatic hydroxyl groups is 1. The summed E-state index contributed by atoms with van der Waals surface area (Å²) in [6, 6.07) is 3.54. The van der Waals surface area contributed by atoms with Crippen LogP contribution in [0.15, 0.2) is 23.1 Å². The average Bonchev–Trinajstić information content (AvgIpc) is 3.29. The van der Waals surface area contributed by atoms with Crippen molar-refractivity contribution in [1.29, 1.82) is 0 Å². The summed E-state index contributed by atoms with van der Waals surface area (Å²) >= 11 is 0. The first-order valence-corrected chi connectivity index (χ1v) is 8.24. The summed E-state index contributed by atoms with van der Waals surface area (Å²) in [6.07, 6.45) is 2.29. The van der Waals surface area contributed by atoms with Crippen LogP contribution >= 0.6 is 0 Å². The van der Waals surface area contributed by atoms with Gasteiger partial charge in [0.2, 0.25) is 10.0 Å². The highest BCUT2D eigenvalue weighted by Gasteiger charge is 2.29. The average molecular weight is 313 g/mol. The molecule has 1 saturated carbocycles. The highest BCUT2D eigenvalue weighted by atomic mass is 32.2. The van der Waals surface area contributed by atoms with Crippen LogP contribution < -0.4 is 4.72 Å². The Morgan fingerprint density at radius 2 is 2.14 bits per heavy atom. The molecule has 1 aliphatic carbocycles. The van der Waals surface area contributed by atoms with E-state index in [0.29, 0.717) is 12.5 Å². The Bertz CT molecular complexity index is 637. The fourth-order valence-corrected chi connectivity index (χ4v) is 3.28. The van der Waals surface area contributed by atoms with Crippen molar-refractivity contribution in [2.75, 3.05) is 13.7 Å². The molecule has 1 aliphatic rings. The van der Waals surface area contributed by atoms with Gasteiger partial charge in [-0.2, -0.15) is 0 Å². The van der Waals surface area contributed by atoms with E-state index in [0.717, 1.165) is 18.9 Å². The molecule has 1 aromatic carbocycles. The van der Waals surface area contributed by atoms with Crippen LogP contribution in [0.2, 0.25) is 0 Å². The lowest BCUT2D eigenvalue weighted by molar-refractivity contribution is 0.0597. The van der Waals surface area contributed by atoms with Crippen molar-refractivity contribution in [2.45, 2.75) is 24.7 Å². The number of hydrogen-bond acceptors (Lipinski definition) is 5. The summed E-state index contributed by atoms with van der Waals surface area (Å²) in [7, 11) is -2.55. The molecule has 2 rings (SSSR count). The van der Waals surface area contributed by atoms with Crippen LogP contribution in [0.25, 0.3) is 0 Å². The Labute approximate surface area is 124 Å². The van der Waals surface area contributed by atoms with Gasteiger partial charge in [-0.25, -0.2) is 17.9 Å². The third kappa shape index (κ3) is 3.74.